The average molecular weight is 316 g/mol. The molecule has 0 saturated heterocycles. The maximum absolute atomic E-state index is 12.4. The summed E-state index contributed by atoms with van der Waals surface area (Å²) >= 11 is 0. The van der Waals surface area contributed by atoms with E-state index in [1.54, 1.807) is 19.2 Å². The number of aryl methyl sites for hydroxylation is 1. The SMILES string of the molecule is CC(C)C(C)(CN)NC(=O)Cc1nn(C)c(=O)c2ccccc12. The molecule has 0 fully saturated rings. The first-order valence-corrected chi connectivity index (χ1v) is 7.74. The first-order valence-electron chi connectivity index (χ1n) is 7.74. The molecule has 1 heterocycles. The third kappa shape index (κ3) is 3.42. The number of nitrogens with one attached hydrogen (secondary N) is 1. The molecule has 1 amide bonds. The van der Waals surface area contributed by atoms with Crippen LogP contribution in [0.2, 0.25) is 0 Å². The molecule has 6 nitrogen and oxygen atoms in total. The molecule has 1 unspecified atom stereocenters. The van der Waals surface area contributed by atoms with Crippen LogP contribution in [-0.2, 0) is 18.3 Å². The smallest absolute Gasteiger partial charge is 0.274 e. The maximum atomic E-state index is 12.4. The lowest BCUT2D eigenvalue weighted by Gasteiger charge is -2.33. The third-order valence-electron chi connectivity index (χ3n) is 4.48. The van der Waals surface area contributed by atoms with Crippen molar-refractivity contribution < 1.29 is 4.79 Å². The Morgan fingerprint density at radius 3 is 2.52 bits per heavy atom. The summed E-state index contributed by atoms with van der Waals surface area (Å²) in [4.78, 5) is 24.6. The molecule has 0 aliphatic rings. The van der Waals surface area contributed by atoms with Gasteiger partial charge in [0.05, 0.1) is 23.0 Å². The highest BCUT2D eigenvalue weighted by Crippen LogP contribution is 2.17. The molecule has 0 bridgehead atoms. The van der Waals surface area contributed by atoms with Gasteiger partial charge in [-0.1, -0.05) is 32.0 Å². The van der Waals surface area contributed by atoms with E-state index in [0.717, 1.165) is 0 Å². The van der Waals surface area contributed by atoms with E-state index in [0.29, 0.717) is 23.0 Å². The molecule has 0 radical (unpaired) electrons. The second-order valence-corrected chi connectivity index (χ2v) is 6.42. The molecule has 0 spiro atoms. The lowest BCUT2D eigenvalue weighted by atomic mass is 9.88. The quantitative estimate of drug-likeness (QED) is 0.860. The number of nitrogens with zero attached hydrogens (tertiary/aromatic N) is 2. The van der Waals surface area contributed by atoms with Gasteiger partial charge in [0.2, 0.25) is 5.91 Å². The number of rotatable bonds is 5. The summed E-state index contributed by atoms with van der Waals surface area (Å²) in [6, 6.07) is 7.20. The van der Waals surface area contributed by atoms with Crippen LogP contribution < -0.4 is 16.6 Å². The van der Waals surface area contributed by atoms with Gasteiger partial charge < -0.3 is 11.1 Å². The molecule has 2 rings (SSSR count). The van der Waals surface area contributed by atoms with Crippen molar-refractivity contribution in [1.82, 2.24) is 15.1 Å². The fraction of sp³-hybridized carbons (Fsp3) is 0.471. The van der Waals surface area contributed by atoms with Crippen molar-refractivity contribution >= 4 is 16.7 Å². The van der Waals surface area contributed by atoms with E-state index in [4.69, 9.17) is 5.73 Å². The Morgan fingerprint density at radius 1 is 1.35 bits per heavy atom. The van der Waals surface area contributed by atoms with Crippen LogP contribution in [0.15, 0.2) is 29.1 Å². The van der Waals surface area contributed by atoms with Crippen molar-refractivity contribution in [1.29, 1.82) is 0 Å². The van der Waals surface area contributed by atoms with Crippen molar-refractivity contribution in [3.8, 4) is 0 Å². The zero-order valence-electron chi connectivity index (χ0n) is 14.1. The van der Waals surface area contributed by atoms with Gasteiger partial charge in [-0.15, -0.1) is 0 Å². The molecule has 0 saturated carbocycles. The largest absolute Gasteiger partial charge is 0.349 e. The average Bonchev–Trinajstić information content (AvgIpc) is 2.52. The molecule has 0 aliphatic heterocycles. The molecule has 2 aromatic rings. The highest BCUT2D eigenvalue weighted by molar-refractivity contribution is 5.88. The molecule has 6 heteroatoms. The molecule has 0 aliphatic carbocycles. The standard InChI is InChI=1S/C17H24N4O2/c1-11(2)17(3,10-18)19-15(22)9-14-12-7-5-6-8-13(12)16(23)21(4)20-14/h5-8,11H,9-10,18H2,1-4H3,(H,19,22). The van der Waals surface area contributed by atoms with Gasteiger partial charge in [0.1, 0.15) is 0 Å². The van der Waals surface area contributed by atoms with E-state index < -0.39 is 5.54 Å². The van der Waals surface area contributed by atoms with Crippen LogP contribution in [-0.4, -0.2) is 27.8 Å². The fourth-order valence-electron chi connectivity index (χ4n) is 2.45. The number of hydrogen-bond acceptors (Lipinski definition) is 4. The summed E-state index contributed by atoms with van der Waals surface area (Å²) < 4.78 is 1.27. The summed E-state index contributed by atoms with van der Waals surface area (Å²) in [6.45, 7) is 6.33. The van der Waals surface area contributed by atoms with Crippen LogP contribution in [0.5, 0.6) is 0 Å². The lowest BCUT2D eigenvalue weighted by Crippen LogP contribution is -2.55. The second-order valence-electron chi connectivity index (χ2n) is 6.42. The van der Waals surface area contributed by atoms with Crippen LogP contribution >= 0.6 is 0 Å². The Balaban J connectivity index is 2.34. The minimum absolute atomic E-state index is 0.108. The predicted molar refractivity (Wildman–Crippen MR) is 91.1 cm³/mol. The van der Waals surface area contributed by atoms with Gasteiger partial charge in [-0.25, -0.2) is 4.68 Å². The zero-order chi connectivity index (χ0) is 17.2. The minimum Gasteiger partial charge on any atom is -0.349 e. The first kappa shape index (κ1) is 17.1. The number of hydrogen-bond donors (Lipinski definition) is 2. The number of nitrogens with two attached hydrogens (primary N) is 1. The molecule has 1 aromatic heterocycles. The van der Waals surface area contributed by atoms with Crippen LogP contribution in [0.4, 0.5) is 0 Å². The number of fused-ring (bicyclic) bond motifs is 1. The minimum atomic E-state index is -0.465. The molecular formula is C17H24N4O2. The van der Waals surface area contributed by atoms with Crippen LogP contribution in [0.25, 0.3) is 10.8 Å². The van der Waals surface area contributed by atoms with Crippen molar-refractivity contribution in [2.24, 2.45) is 18.7 Å². The Kier molecular flexibility index (Phi) is 4.85. The Hall–Kier alpha value is -2.21. The van der Waals surface area contributed by atoms with Gasteiger partial charge in [-0.05, 0) is 18.9 Å². The van der Waals surface area contributed by atoms with E-state index >= 15 is 0 Å². The van der Waals surface area contributed by atoms with Gasteiger partial charge in [-0.3, -0.25) is 9.59 Å². The van der Waals surface area contributed by atoms with Crippen molar-refractivity contribution in [2.45, 2.75) is 32.7 Å². The molecule has 1 atom stereocenters. The fourth-order valence-corrected chi connectivity index (χ4v) is 2.45. The topological polar surface area (TPSA) is 90.0 Å². The van der Waals surface area contributed by atoms with Crippen LogP contribution in [0.1, 0.15) is 26.5 Å². The summed E-state index contributed by atoms with van der Waals surface area (Å²) in [7, 11) is 1.59. The van der Waals surface area contributed by atoms with Gasteiger partial charge in [-0.2, -0.15) is 5.10 Å². The van der Waals surface area contributed by atoms with Gasteiger partial charge in [0, 0.05) is 19.0 Å². The number of carbonyl (C=O) groups is 1. The van der Waals surface area contributed by atoms with E-state index in [1.807, 2.05) is 32.9 Å². The Labute approximate surface area is 135 Å². The Morgan fingerprint density at radius 2 is 1.96 bits per heavy atom. The van der Waals surface area contributed by atoms with Crippen LogP contribution in [0.3, 0.4) is 0 Å². The number of carbonyl (C=O) groups excluding carboxylic acids is 1. The van der Waals surface area contributed by atoms with Gasteiger partial charge in [0.15, 0.2) is 0 Å². The number of aromatic nitrogens is 2. The van der Waals surface area contributed by atoms with Gasteiger partial charge >= 0.3 is 0 Å². The van der Waals surface area contributed by atoms with E-state index in [1.165, 1.54) is 4.68 Å². The lowest BCUT2D eigenvalue weighted by molar-refractivity contribution is -0.122. The summed E-state index contributed by atoms with van der Waals surface area (Å²) in [5, 5.41) is 8.53. The van der Waals surface area contributed by atoms with Crippen LogP contribution in [0, 0.1) is 5.92 Å². The van der Waals surface area contributed by atoms with Crippen molar-refractivity contribution in [3.05, 3.63) is 40.3 Å². The number of amides is 1. The zero-order valence-corrected chi connectivity index (χ0v) is 14.1. The molecule has 3 N–H and O–H groups in total. The summed E-state index contributed by atoms with van der Waals surface area (Å²) in [5.41, 5.74) is 5.76. The summed E-state index contributed by atoms with van der Waals surface area (Å²) in [6.07, 6.45) is 0.108. The predicted octanol–water partition coefficient (Wildman–Crippen LogP) is 0.966. The summed E-state index contributed by atoms with van der Waals surface area (Å²) in [5.74, 6) is 0.0595. The molecule has 23 heavy (non-hydrogen) atoms. The second kappa shape index (κ2) is 6.50. The van der Waals surface area contributed by atoms with E-state index in [9.17, 15) is 9.59 Å². The molecular weight excluding hydrogens is 292 g/mol. The highest BCUT2D eigenvalue weighted by Gasteiger charge is 2.28. The molecule has 1 aromatic carbocycles. The Bertz CT molecular complexity index is 782. The van der Waals surface area contributed by atoms with Crippen molar-refractivity contribution in [2.75, 3.05) is 6.54 Å². The monoisotopic (exact) mass is 316 g/mol. The number of benzene rings is 1. The van der Waals surface area contributed by atoms with Gasteiger partial charge in [0.25, 0.3) is 5.56 Å². The van der Waals surface area contributed by atoms with Crippen molar-refractivity contribution in [3.63, 3.8) is 0 Å². The van der Waals surface area contributed by atoms with E-state index in [2.05, 4.69) is 10.4 Å². The highest BCUT2D eigenvalue weighted by atomic mass is 16.2. The first-order chi connectivity index (χ1) is 10.8. The normalized spacial score (nSPS) is 14.0. The molecule has 124 valence electrons. The maximum Gasteiger partial charge on any atom is 0.274 e. The van der Waals surface area contributed by atoms with E-state index in [-0.39, 0.29) is 23.8 Å². The third-order valence-corrected chi connectivity index (χ3v) is 4.48.